The van der Waals surface area contributed by atoms with Gasteiger partial charge in [0, 0.05) is 31.9 Å². The predicted octanol–water partition coefficient (Wildman–Crippen LogP) is 2.42. The Bertz CT molecular complexity index is 678. The van der Waals surface area contributed by atoms with Crippen molar-refractivity contribution in [3.05, 3.63) is 42.4 Å². The summed E-state index contributed by atoms with van der Waals surface area (Å²) in [4.78, 5) is 6.47. The molecule has 2 aromatic rings. The quantitative estimate of drug-likeness (QED) is 0.935. The van der Waals surface area contributed by atoms with Gasteiger partial charge in [0.1, 0.15) is 0 Å². The molecule has 2 atom stereocenters. The molecular formula is C18H23N5O. The van der Waals surface area contributed by atoms with Gasteiger partial charge in [0.25, 0.3) is 0 Å². The van der Waals surface area contributed by atoms with E-state index in [1.165, 1.54) is 0 Å². The van der Waals surface area contributed by atoms with Crippen molar-refractivity contribution < 1.29 is 4.74 Å². The molecule has 4 heterocycles. The lowest BCUT2D eigenvalue weighted by molar-refractivity contribution is -0.00654. The number of ether oxygens (including phenoxy) is 1. The average Bonchev–Trinajstić information content (AvgIpc) is 2.98. The Labute approximate surface area is 142 Å². The zero-order chi connectivity index (χ0) is 16.4. The summed E-state index contributed by atoms with van der Waals surface area (Å²) < 4.78 is 6.27. The number of aromatic nitrogens is 3. The molecule has 0 aliphatic carbocycles. The van der Waals surface area contributed by atoms with Crippen molar-refractivity contribution in [2.45, 2.75) is 37.8 Å². The molecule has 2 aliphatic heterocycles. The van der Waals surface area contributed by atoms with Gasteiger partial charge in [-0.2, -0.15) is 5.10 Å². The molecular weight excluding hydrogens is 302 g/mol. The van der Waals surface area contributed by atoms with Gasteiger partial charge in [-0.05, 0) is 44.0 Å². The third-order valence-corrected chi connectivity index (χ3v) is 4.89. The van der Waals surface area contributed by atoms with Crippen LogP contribution >= 0.6 is 0 Å². The van der Waals surface area contributed by atoms with Crippen LogP contribution in [0.1, 0.15) is 25.0 Å². The van der Waals surface area contributed by atoms with E-state index in [-0.39, 0.29) is 5.60 Å². The summed E-state index contributed by atoms with van der Waals surface area (Å²) in [5.41, 5.74) is 1.92. The maximum absolute atomic E-state index is 6.27. The van der Waals surface area contributed by atoms with Crippen molar-refractivity contribution in [1.29, 1.82) is 0 Å². The van der Waals surface area contributed by atoms with Gasteiger partial charge in [0.2, 0.25) is 0 Å². The Balaban J connectivity index is 1.43. The zero-order valence-corrected chi connectivity index (χ0v) is 14.0. The van der Waals surface area contributed by atoms with Crippen LogP contribution in [0.3, 0.4) is 0 Å². The van der Waals surface area contributed by atoms with E-state index in [2.05, 4.69) is 31.5 Å². The molecule has 0 bridgehead atoms. The Morgan fingerprint density at radius 3 is 3.04 bits per heavy atom. The average molecular weight is 325 g/mol. The second-order valence-corrected chi connectivity index (χ2v) is 6.84. The largest absolute Gasteiger partial charge is 0.379 e. The molecule has 24 heavy (non-hydrogen) atoms. The molecule has 2 aromatic heterocycles. The number of piperidine rings is 1. The molecule has 6 nitrogen and oxygen atoms in total. The number of rotatable bonds is 3. The lowest BCUT2D eigenvalue weighted by Gasteiger charge is -2.40. The summed E-state index contributed by atoms with van der Waals surface area (Å²) in [6, 6.07) is 8.41. The van der Waals surface area contributed by atoms with Crippen molar-refractivity contribution in [3.63, 3.8) is 0 Å². The van der Waals surface area contributed by atoms with Crippen LogP contribution in [-0.4, -0.2) is 46.5 Å². The van der Waals surface area contributed by atoms with E-state index in [0.29, 0.717) is 6.04 Å². The molecule has 0 saturated carbocycles. The fourth-order valence-electron chi connectivity index (χ4n) is 3.76. The topological polar surface area (TPSA) is 63.2 Å². The molecule has 0 radical (unpaired) electrons. The van der Waals surface area contributed by atoms with Crippen LogP contribution in [0.2, 0.25) is 0 Å². The van der Waals surface area contributed by atoms with E-state index in [1.54, 1.807) is 6.20 Å². The smallest absolute Gasteiger partial charge is 0.151 e. The number of anilines is 2. The van der Waals surface area contributed by atoms with Crippen molar-refractivity contribution in [2.75, 3.05) is 29.9 Å². The molecule has 1 spiro atoms. The number of nitrogens with zero attached hydrogens (tertiary/aromatic N) is 4. The fourth-order valence-corrected chi connectivity index (χ4v) is 3.76. The van der Waals surface area contributed by atoms with Crippen molar-refractivity contribution in [1.82, 2.24) is 15.2 Å². The molecule has 0 amide bonds. The third kappa shape index (κ3) is 3.19. The van der Waals surface area contributed by atoms with Crippen molar-refractivity contribution in [3.8, 4) is 0 Å². The van der Waals surface area contributed by atoms with Crippen molar-refractivity contribution in [2.24, 2.45) is 0 Å². The summed E-state index contributed by atoms with van der Waals surface area (Å²) in [7, 11) is 0. The fraction of sp³-hybridized carbons (Fsp3) is 0.500. The van der Waals surface area contributed by atoms with E-state index in [0.717, 1.165) is 56.2 Å². The minimum atomic E-state index is -0.0787. The Morgan fingerprint density at radius 2 is 2.25 bits per heavy atom. The second kappa shape index (κ2) is 6.36. The summed E-state index contributed by atoms with van der Waals surface area (Å²) in [5.74, 6) is 0.951. The zero-order valence-electron chi connectivity index (χ0n) is 14.0. The van der Waals surface area contributed by atoms with Crippen LogP contribution in [0.4, 0.5) is 11.5 Å². The van der Waals surface area contributed by atoms with Gasteiger partial charge in [0.15, 0.2) is 5.82 Å². The SMILES string of the molecule is Cc1ccc(N2CCCC3(CC(Nc4cccnc4)CO3)C2)nn1. The third-order valence-electron chi connectivity index (χ3n) is 4.89. The van der Waals surface area contributed by atoms with Gasteiger partial charge in [-0.15, -0.1) is 5.10 Å². The molecule has 126 valence electrons. The first-order chi connectivity index (χ1) is 11.7. The van der Waals surface area contributed by atoms with Gasteiger partial charge in [-0.25, -0.2) is 0 Å². The Kier molecular flexibility index (Phi) is 4.06. The van der Waals surface area contributed by atoms with Crippen LogP contribution in [0, 0.1) is 6.92 Å². The number of hydrogen-bond acceptors (Lipinski definition) is 6. The van der Waals surface area contributed by atoms with Gasteiger partial charge in [-0.3, -0.25) is 4.98 Å². The molecule has 4 rings (SSSR count). The number of aryl methyl sites for hydroxylation is 1. The highest BCUT2D eigenvalue weighted by molar-refractivity contribution is 5.42. The summed E-state index contributed by atoms with van der Waals surface area (Å²) in [6.07, 6.45) is 6.89. The molecule has 2 unspecified atom stereocenters. The van der Waals surface area contributed by atoms with E-state index < -0.39 is 0 Å². The van der Waals surface area contributed by atoms with Gasteiger partial charge >= 0.3 is 0 Å². The maximum Gasteiger partial charge on any atom is 0.151 e. The van der Waals surface area contributed by atoms with E-state index in [9.17, 15) is 0 Å². The highest BCUT2D eigenvalue weighted by atomic mass is 16.5. The van der Waals surface area contributed by atoms with Crippen LogP contribution in [-0.2, 0) is 4.74 Å². The van der Waals surface area contributed by atoms with E-state index in [1.807, 2.05) is 31.3 Å². The first kappa shape index (κ1) is 15.3. The van der Waals surface area contributed by atoms with Crippen LogP contribution < -0.4 is 10.2 Å². The lowest BCUT2D eigenvalue weighted by Crippen LogP contribution is -2.48. The predicted molar refractivity (Wildman–Crippen MR) is 93.2 cm³/mol. The minimum Gasteiger partial charge on any atom is -0.379 e. The Morgan fingerprint density at radius 1 is 1.29 bits per heavy atom. The number of pyridine rings is 1. The molecule has 6 heteroatoms. The van der Waals surface area contributed by atoms with Gasteiger partial charge in [0.05, 0.1) is 29.6 Å². The highest BCUT2D eigenvalue weighted by Crippen LogP contribution is 2.36. The second-order valence-electron chi connectivity index (χ2n) is 6.84. The lowest BCUT2D eigenvalue weighted by atomic mass is 9.88. The van der Waals surface area contributed by atoms with Crippen LogP contribution in [0.15, 0.2) is 36.7 Å². The van der Waals surface area contributed by atoms with Gasteiger partial charge in [-0.1, -0.05) is 0 Å². The minimum absolute atomic E-state index is 0.0787. The summed E-state index contributed by atoms with van der Waals surface area (Å²) >= 11 is 0. The molecule has 2 saturated heterocycles. The standard InChI is InChI=1S/C18H23N5O/c1-14-5-6-17(22-21-14)23-9-3-7-18(13-23)10-16(12-24-18)20-15-4-2-8-19-11-15/h2,4-6,8,11,16,20H,3,7,9-10,12-13H2,1H3. The van der Waals surface area contributed by atoms with Crippen LogP contribution in [0.5, 0.6) is 0 Å². The molecule has 1 N–H and O–H groups in total. The molecule has 0 aromatic carbocycles. The van der Waals surface area contributed by atoms with Gasteiger partial charge < -0.3 is 15.0 Å². The normalized spacial score (nSPS) is 26.7. The number of nitrogens with one attached hydrogen (secondary N) is 1. The van der Waals surface area contributed by atoms with Crippen molar-refractivity contribution >= 4 is 11.5 Å². The first-order valence-electron chi connectivity index (χ1n) is 8.58. The molecule has 2 fully saturated rings. The molecule has 2 aliphatic rings. The van der Waals surface area contributed by atoms with Crippen LogP contribution in [0.25, 0.3) is 0 Å². The first-order valence-corrected chi connectivity index (χ1v) is 8.58. The summed E-state index contributed by atoms with van der Waals surface area (Å²) in [6.45, 7) is 4.60. The summed E-state index contributed by atoms with van der Waals surface area (Å²) in [5, 5.41) is 12.1. The monoisotopic (exact) mass is 325 g/mol. The highest BCUT2D eigenvalue weighted by Gasteiger charge is 2.43. The van der Waals surface area contributed by atoms with E-state index >= 15 is 0 Å². The Hall–Kier alpha value is -2.21. The maximum atomic E-state index is 6.27. The van der Waals surface area contributed by atoms with E-state index in [4.69, 9.17) is 4.74 Å². The number of hydrogen-bond donors (Lipinski definition) is 1.